The molecule has 0 amide bonds. The summed E-state index contributed by atoms with van der Waals surface area (Å²) >= 11 is 3.29. The van der Waals surface area contributed by atoms with E-state index in [4.69, 9.17) is 4.74 Å². The topological polar surface area (TPSA) is 39.2 Å². The van der Waals surface area contributed by atoms with Crippen LogP contribution in [0.2, 0.25) is 0 Å². The molecule has 4 heteroatoms. The van der Waals surface area contributed by atoms with E-state index >= 15 is 0 Å². The first-order valence-corrected chi connectivity index (χ1v) is 5.19. The zero-order chi connectivity index (χ0) is 10.8. The van der Waals surface area contributed by atoms with Crippen LogP contribution in [0.3, 0.4) is 0 Å². The summed E-state index contributed by atoms with van der Waals surface area (Å²) in [6.45, 7) is 1.37. The van der Waals surface area contributed by atoms with Gasteiger partial charge in [-0.1, -0.05) is 6.07 Å². The molecule has 3 nitrogen and oxygen atoms in total. The van der Waals surface area contributed by atoms with Crippen molar-refractivity contribution < 1.29 is 9.53 Å². The Bertz CT molecular complexity index is 525. The van der Waals surface area contributed by atoms with E-state index in [9.17, 15) is 4.79 Å². The summed E-state index contributed by atoms with van der Waals surface area (Å²) in [4.78, 5) is 15.0. The minimum atomic E-state index is -0.329. The Balaban J connectivity index is 2.49. The van der Waals surface area contributed by atoms with Crippen LogP contribution in [-0.2, 0) is 4.79 Å². The second-order valence-electron chi connectivity index (χ2n) is 3.08. The van der Waals surface area contributed by atoms with Gasteiger partial charge in [-0.2, -0.15) is 0 Å². The maximum Gasteiger partial charge on any atom is 0.308 e. The number of pyridine rings is 1. The third-order valence-corrected chi connectivity index (χ3v) is 2.33. The van der Waals surface area contributed by atoms with Crippen LogP contribution in [-0.4, -0.2) is 11.0 Å². The molecule has 0 aliphatic heterocycles. The monoisotopic (exact) mass is 265 g/mol. The van der Waals surface area contributed by atoms with Crippen molar-refractivity contribution in [3.63, 3.8) is 0 Å². The molecule has 1 heterocycles. The number of halogens is 1. The van der Waals surface area contributed by atoms with Crippen LogP contribution >= 0.6 is 15.9 Å². The number of rotatable bonds is 1. The SMILES string of the molecule is CC(=O)Oc1ccc2ccc(Br)nc2c1. The molecule has 2 rings (SSSR count). The lowest BCUT2D eigenvalue weighted by molar-refractivity contribution is -0.131. The number of esters is 1. The van der Waals surface area contributed by atoms with Crippen LogP contribution in [0.5, 0.6) is 5.75 Å². The molecule has 0 radical (unpaired) electrons. The minimum Gasteiger partial charge on any atom is -0.427 e. The maximum atomic E-state index is 10.8. The van der Waals surface area contributed by atoms with Gasteiger partial charge in [-0.05, 0) is 34.1 Å². The minimum absolute atomic E-state index is 0.329. The van der Waals surface area contributed by atoms with Crippen LogP contribution in [0.25, 0.3) is 10.9 Å². The Kier molecular flexibility index (Phi) is 2.68. The van der Waals surface area contributed by atoms with E-state index in [1.165, 1.54) is 6.92 Å². The highest BCUT2D eigenvalue weighted by atomic mass is 79.9. The van der Waals surface area contributed by atoms with Crippen molar-refractivity contribution in [3.8, 4) is 5.75 Å². The van der Waals surface area contributed by atoms with E-state index in [0.29, 0.717) is 5.75 Å². The number of carbonyl (C=O) groups excluding carboxylic acids is 1. The van der Waals surface area contributed by atoms with Gasteiger partial charge in [-0.15, -0.1) is 0 Å². The zero-order valence-electron chi connectivity index (χ0n) is 8.03. The average Bonchev–Trinajstić information content (AvgIpc) is 2.16. The molecule has 0 aliphatic carbocycles. The predicted octanol–water partition coefficient (Wildman–Crippen LogP) is 2.92. The first kappa shape index (κ1) is 10.1. The summed E-state index contributed by atoms with van der Waals surface area (Å²) in [5, 5.41) is 1.01. The lowest BCUT2D eigenvalue weighted by atomic mass is 10.2. The van der Waals surface area contributed by atoms with Gasteiger partial charge in [0.05, 0.1) is 5.52 Å². The molecule has 0 fully saturated rings. The summed E-state index contributed by atoms with van der Waals surface area (Å²) in [7, 11) is 0. The molecule has 0 saturated carbocycles. The number of ether oxygens (including phenoxy) is 1. The number of aromatic nitrogens is 1. The molecular formula is C11H8BrNO2. The molecule has 0 N–H and O–H groups in total. The van der Waals surface area contributed by atoms with Gasteiger partial charge < -0.3 is 4.74 Å². The van der Waals surface area contributed by atoms with E-state index in [1.54, 1.807) is 12.1 Å². The maximum absolute atomic E-state index is 10.8. The molecule has 0 bridgehead atoms. The van der Waals surface area contributed by atoms with Crippen molar-refractivity contribution in [1.82, 2.24) is 4.98 Å². The van der Waals surface area contributed by atoms with Gasteiger partial charge in [-0.25, -0.2) is 4.98 Å². The van der Waals surface area contributed by atoms with Crippen LogP contribution in [0, 0.1) is 0 Å². The molecule has 0 spiro atoms. The third-order valence-electron chi connectivity index (χ3n) is 1.89. The molecule has 1 aromatic heterocycles. The standard InChI is InChI=1S/C11H8BrNO2/c1-7(14)15-9-4-2-8-3-5-11(12)13-10(8)6-9/h2-6H,1H3. The molecular weight excluding hydrogens is 258 g/mol. The fourth-order valence-corrected chi connectivity index (χ4v) is 1.62. The van der Waals surface area contributed by atoms with Crippen molar-refractivity contribution in [2.75, 3.05) is 0 Å². The van der Waals surface area contributed by atoms with Gasteiger partial charge in [0.15, 0.2) is 0 Å². The highest BCUT2D eigenvalue weighted by Crippen LogP contribution is 2.21. The smallest absolute Gasteiger partial charge is 0.308 e. The summed E-state index contributed by atoms with van der Waals surface area (Å²) < 4.78 is 5.73. The molecule has 0 unspecified atom stereocenters. The van der Waals surface area contributed by atoms with E-state index in [-0.39, 0.29) is 5.97 Å². The van der Waals surface area contributed by atoms with Crippen molar-refractivity contribution >= 4 is 32.8 Å². The summed E-state index contributed by atoms with van der Waals surface area (Å²) in [5.41, 5.74) is 0.795. The fourth-order valence-electron chi connectivity index (χ4n) is 1.30. The molecule has 0 atom stereocenters. The van der Waals surface area contributed by atoms with Gasteiger partial charge >= 0.3 is 5.97 Å². The van der Waals surface area contributed by atoms with Gasteiger partial charge in [0.1, 0.15) is 10.4 Å². The number of nitrogens with zero attached hydrogens (tertiary/aromatic N) is 1. The summed E-state index contributed by atoms with van der Waals surface area (Å²) in [6, 6.07) is 9.17. The van der Waals surface area contributed by atoms with E-state index in [1.807, 2.05) is 18.2 Å². The van der Waals surface area contributed by atoms with Crippen molar-refractivity contribution in [2.24, 2.45) is 0 Å². The molecule has 1 aromatic carbocycles. The molecule has 0 aliphatic rings. The largest absolute Gasteiger partial charge is 0.427 e. The third kappa shape index (κ3) is 2.33. The van der Waals surface area contributed by atoms with Gasteiger partial charge in [0.2, 0.25) is 0 Å². The number of hydrogen-bond donors (Lipinski definition) is 0. The highest BCUT2D eigenvalue weighted by Gasteiger charge is 2.01. The summed E-state index contributed by atoms with van der Waals surface area (Å²) in [5.74, 6) is 0.185. The lowest BCUT2D eigenvalue weighted by Gasteiger charge is -2.02. The normalized spacial score (nSPS) is 10.3. The van der Waals surface area contributed by atoms with Crippen molar-refractivity contribution in [3.05, 3.63) is 34.9 Å². The quantitative estimate of drug-likeness (QED) is 0.452. The number of fused-ring (bicyclic) bond motifs is 1. The molecule has 2 aromatic rings. The first-order chi connectivity index (χ1) is 7.15. The van der Waals surface area contributed by atoms with Gasteiger partial charge in [-0.3, -0.25) is 4.79 Å². The average molecular weight is 266 g/mol. The Labute approximate surface area is 95.2 Å². The molecule has 0 saturated heterocycles. The zero-order valence-corrected chi connectivity index (χ0v) is 9.61. The second-order valence-corrected chi connectivity index (χ2v) is 3.89. The first-order valence-electron chi connectivity index (χ1n) is 4.40. The van der Waals surface area contributed by atoms with Crippen molar-refractivity contribution in [2.45, 2.75) is 6.92 Å². The number of benzene rings is 1. The van der Waals surface area contributed by atoms with Crippen molar-refractivity contribution in [1.29, 1.82) is 0 Å². The number of carbonyl (C=O) groups is 1. The Morgan fingerprint density at radius 2 is 2.07 bits per heavy atom. The van der Waals surface area contributed by atoms with E-state index in [0.717, 1.165) is 15.5 Å². The van der Waals surface area contributed by atoms with Crippen LogP contribution < -0.4 is 4.74 Å². The van der Waals surface area contributed by atoms with Gasteiger partial charge in [0, 0.05) is 18.4 Å². The van der Waals surface area contributed by atoms with Crippen LogP contribution in [0.4, 0.5) is 0 Å². The van der Waals surface area contributed by atoms with E-state index < -0.39 is 0 Å². The Morgan fingerprint density at radius 3 is 2.80 bits per heavy atom. The molecule has 15 heavy (non-hydrogen) atoms. The second kappa shape index (κ2) is 3.98. The molecule has 76 valence electrons. The number of hydrogen-bond acceptors (Lipinski definition) is 3. The summed E-state index contributed by atoms with van der Waals surface area (Å²) in [6.07, 6.45) is 0. The fraction of sp³-hybridized carbons (Fsp3) is 0.0909. The Morgan fingerprint density at radius 1 is 1.33 bits per heavy atom. The van der Waals surface area contributed by atoms with Gasteiger partial charge in [0.25, 0.3) is 0 Å². The highest BCUT2D eigenvalue weighted by molar-refractivity contribution is 9.10. The predicted molar refractivity (Wildman–Crippen MR) is 60.8 cm³/mol. The van der Waals surface area contributed by atoms with E-state index in [2.05, 4.69) is 20.9 Å². The van der Waals surface area contributed by atoms with Crippen LogP contribution in [0.1, 0.15) is 6.92 Å². The van der Waals surface area contributed by atoms with Crippen LogP contribution in [0.15, 0.2) is 34.9 Å². The Hall–Kier alpha value is -1.42. The lowest BCUT2D eigenvalue weighted by Crippen LogP contribution is -2.01.